The van der Waals surface area contributed by atoms with E-state index in [4.69, 9.17) is 0 Å². The second-order valence-electron chi connectivity index (χ2n) is 15.4. The van der Waals surface area contributed by atoms with Crippen molar-refractivity contribution < 1.29 is 0 Å². The molecule has 0 aliphatic carbocycles. The van der Waals surface area contributed by atoms with Gasteiger partial charge >= 0.3 is 0 Å². The summed E-state index contributed by atoms with van der Waals surface area (Å²) in [5.41, 5.74) is 16.5. The Labute approximate surface area is 350 Å². The van der Waals surface area contributed by atoms with Crippen LogP contribution in [0.2, 0.25) is 0 Å². The molecule has 0 saturated heterocycles. The highest BCUT2D eigenvalue weighted by atomic mass is 15.1. The van der Waals surface area contributed by atoms with Gasteiger partial charge in [0.05, 0.1) is 11.0 Å². The molecule has 0 fully saturated rings. The fourth-order valence-corrected chi connectivity index (χ4v) is 8.72. The number of fused-ring (bicyclic) bond motifs is 4. The van der Waals surface area contributed by atoms with Crippen LogP contribution < -0.4 is 4.90 Å². The van der Waals surface area contributed by atoms with E-state index < -0.39 is 0 Å². The number of aromatic nitrogens is 1. The highest BCUT2D eigenvalue weighted by Crippen LogP contribution is 2.39. The Hall–Kier alpha value is -7.94. The first-order valence-electron chi connectivity index (χ1n) is 20.6. The van der Waals surface area contributed by atoms with Gasteiger partial charge in [0.1, 0.15) is 0 Å². The summed E-state index contributed by atoms with van der Waals surface area (Å²) in [6.45, 7) is 0. The van der Waals surface area contributed by atoms with Crippen LogP contribution in [-0.4, -0.2) is 4.57 Å². The third kappa shape index (κ3) is 6.51. The molecule has 0 bridgehead atoms. The summed E-state index contributed by atoms with van der Waals surface area (Å²) in [5.74, 6) is 0. The Bertz CT molecular complexity index is 3200. The lowest BCUT2D eigenvalue weighted by Gasteiger charge is -2.26. The first-order chi connectivity index (χ1) is 29.7. The van der Waals surface area contributed by atoms with Crippen molar-refractivity contribution >= 4 is 49.6 Å². The van der Waals surface area contributed by atoms with Gasteiger partial charge in [-0.3, -0.25) is 0 Å². The minimum atomic E-state index is 1.10. The minimum Gasteiger partial charge on any atom is -0.310 e. The number of hydrogen-bond acceptors (Lipinski definition) is 1. The van der Waals surface area contributed by atoms with Gasteiger partial charge in [0.2, 0.25) is 0 Å². The van der Waals surface area contributed by atoms with Crippen molar-refractivity contribution in [2.75, 3.05) is 4.90 Å². The van der Waals surface area contributed by atoms with Crippen molar-refractivity contribution in [3.63, 3.8) is 0 Å². The molecule has 2 heteroatoms. The summed E-state index contributed by atoms with van der Waals surface area (Å²) in [6, 6.07) is 87.8. The second kappa shape index (κ2) is 15.1. The Morgan fingerprint density at radius 2 is 0.600 bits per heavy atom. The highest BCUT2D eigenvalue weighted by molar-refractivity contribution is 6.09. The average Bonchev–Trinajstić information content (AvgIpc) is 3.67. The van der Waals surface area contributed by atoms with Crippen LogP contribution >= 0.6 is 0 Å². The van der Waals surface area contributed by atoms with Crippen molar-refractivity contribution in [2.24, 2.45) is 0 Å². The van der Waals surface area contributed by atoms with Crippen molar-refractivity contribution in [3.05, 3.63) is 243 Å². The maximum absolute atomic E-state index is 2.37. The van der Waals surface area contributed by atoms with Crippen molar-refractivity contribution in [1.29, 1.82) is 0 Å². The molecule has 282 valence electrons. The fourth-order valence-electron chi connectivity index (χ4n) is 8.72. The lowest BCUT2D eigenvalue weighted by molar-refractivity contribution is 1.18. The lowest BCUT2D eigenvalue weighted by atomic mass is 9.99. The Kier molecular flexibility index (Phi) is 8.87. The SMILES string of the molecule is c1ccc(-c2ccc(-c3ccc(N(c4ccc(-c5ccc(-n6c7ccccc7c7ccccc76)cc5)cc4)c4ccc5cc(-c6ccccc6)ccc5c4)cc3)cc2)cc1. The van der Waals surface area contributed by atoms with Crippen LogP contribution in [0.25, 0.3) is 82.8 Å². The minimum absolute atomic E-state index is 1.10. The van der Waals surface area contributed by atoms with Crippen LogP contribution in [0.5, 0.6) is 0 Å². The van der Waals surface area contributed by atoms with E-state index in [9.17, 15) is 0 Å². The number of para-hydroxylation sites is 2. The summed E-state index contributed by atoms with van der Waals surface area (Å²) in [5, 5.41) is 4.96. The van der Waals surface area contributed by atoms with Crippen molar-refractivity contribution in [3.8, 4) is 50.2 Å². The molecule has 0 aliphatic rings. The summed E-state index contributed by atoms with van der Waals surface area (Å²) >= 11 is 0. The monoisotopic (exact) mass is 764 g/mol. The smallest absolute Gasteiger partial charge is 0.0541 e. The molecule has 0 unspecified atom stereocenters. The Morgan fingerprint density at radius 3 is 1.12 bits per heavy atom. The molecule has 1 aromatic heterocycles. The molecule has 1 heterocycles. The quantitative estimate of drug-likeness (QED) is 0.150. The van der Waals surface area contributed by atoms with Gasteiger partial charge in [0.15, 0.2) is 0 Å². The molecular formula is C58H40N2. The molecule has 0 atom stereocenters. The van der Waals surface area contributed by atoms with E-state index in [1.165, 1.54) is 77.1 Å². The van der Waals surface area contributed by atoms with E-state index >= 15 is 0 Å². The number of anilines is 3. The first kappa shape index (κ1) is 35.2. The van der Waals surface area contributed by atoms with Gasteiger partial charge in [-0.1, -0.05) is 176 Å². The number of nitrogens with zero attached hydrogens (tertiary/aromatic N) is 2. The van der Waals surface area contributed by atoms with E-state index in [1.54, 1.807) is 0 Å². The normalized spacial score (nSPS) is 11.3. The molecule has 11 rings (SSSR count). The molecule has 0 amide bonds. The molecule has 10 aromatic carbocycles. The molecule has 2 nitrogen and oxygen atoms in total. The zero-order valence-corrected chi connectivity index (χ0v) is 33.0. The number of benzene rings is 10. The van der Waals surface area contributed by atoms with Crippen LogP contribution in [-0.2, 0) is 0 Å². The third-order valence-electron chi connectivity index (χ3n) is 11.8. The average molecular weight is 765 g/mol. The molecule has 0 radical (unpaired) electrons. The van der Waals surface area contributed by atoms with E-state index in [2.05, 4.69) is 252 Å². The van der Waals surface area contributed by atoms with Gasteiger partial charge in [0, 0.05) is 33.5 Å². The van der Waals surface area contributed by atoms with Crippen LogP contribution in [0, 0.1) is 0 Å². The van der Waals surface area contributed by atoms with Crippen LogP contribution in [0.4, 0.5) is 17.1 Å². The molecule has 0 aliphatic heterocycles. The van der Waals surface area contributed by atoms with Gasteiger partial charge in [-0.05, 0) is 122 Å². The molecule has 0 spiro atoms. The summed E-state index contributed by atoms with van der Waals surface area (Å²) in [4.78, 5) is 2.36. The Morgan fingerprint density at radius 1 is 0.250 bits per heavy atom. The largest absolute Gasteiger partial charge is 0.310 e. The van der Waals surface area contributed by atoms with E-state index in [0.717, 1.165) is 22.7 Å². The predicted octanol–water partition coefficient (Wildman–Crippen LogP) is 16.1. The van der Waals surface area contributed by atoms with Gasteiger partial charge in [0.25, 0.3) is 0 Å². The van der Waals surface area contributed by atoms with Crippen LogP contribution in [0.3, 0.4) is 0 Å². The second-order valence-corrected chi connectivity index (χ2v) is 15.4. The topological polar surface area (TPSA) is 8.17 Å². The zero-order chi connectivity index (χ0) is 39.8. The number of hydrogen-bond donors (Lipinski definition) is 0. The van der Waals surface area contributed by atoms with Gasteiger partial charge in [-0.25, -0.2) is 0 Å². The lowest BCUT2D eigenvalue weighted by Crippen LogP contribution is -2.09. The molecular weight excluding hydrogens is 725 g/mol. The predicted molar refractivity (Wildman–Crippen MR) is 255 cm³/mol. The molecule has 0 N–H and O–H groups in total. The summed E-state index contributed by atoms with van der Waals surface area (Å²) < 4.78 is 2.37. The van der Waals surface area contributed by atoms with Crippen LogP contribution in [0.1, 0.15) is 0 Å². The van der Waals surface area contributed by atoms with Gasteiger partial charge in [-0.2, -0.15) is 0 Å². The highest BCUT2D eigenvalue weighted by Gasteiger charge is 2.16. The van der Waals surface area contributed by atoms with Crippen molar-refractivity contribution in [1.82, 2.24) is 4.57 Å². The summed E-state index contributed by atoms with van der Waals surface area (Å²) in [6.07, 6.45) is 0. The molecule has 60 heavy (non-hydrogen) atoms. The standard InChI is InChI=1S/C58H40N2/c1-3-11-41(12-4-1)43-19-21-44(22-20-43)45-25-32-51(33-26-45)59(54-38-31-49-39-48(23-24-50(49)40-54)42-13-5-2-6-14-42)52-34-27-46(28-35-52)47-29-36-53(37-30-47)60-57-17-9-7-15-55(57)56-16-8-10-18-58(56)60/h1-40H. The van der Waals surface area contributed by atoms with Gasteiger partial charge < -0.3 is 9.47 Å². The van der Waals surface area contributed by atoms with E-state index in [1.807, 2.05) is 0 Å². The maximum atomic E-state index is 2.37. The van der Waals surface area contributed by atoms with E-state index in [-0.39, 0.29) is 0 Å². The van der Waals surface area contributed by atoms with Crippen LogP contribution in [0.15, 0.2) is 243 Å². The van der Waals surface area contributed by atoms with E-state index in [0.29, 0.717) is 0 Å². The third-order valence-corrected chi connectivity index (χ3v) is 11.8. The molecule has 0 saturated carbocycles. The Balaban J connectivity index is 0.934. The van der Waals surface area contributed by atoms with Gasteiger partial charge in [-0.15, -0.1) is 0 Å². The first-order valence-corrected chi connectivity index (χ1v) is 20.6. The number of rotatable bonds is 8. The molecule has 11 aromatic rings. The zero-order valence-electron chi connectivity index (χ0n) is 33.0. The summed E-state index contributed by atoms with van der Waals surface area (Å²) in [7, 11) is 0. The van der Waals surface area contributed by atoms with Crippen molar-refractivity contribution in [2.45, 2.75) is 0 Å². The fraction of sp³-hybridized carbons (Fsp3) is 0. The maximum Gasteiger partial charge on any atom is 0.0541 e.